The molecule has 0 radical (unpaired) electrons. The first-order valence-electron chi connectivity index (χ1n) is 4.41. The largest absolute Gasteiger partial charge is 0.448 e. The third-order valence-electron chi connectivity index (χ3n) is 1.59. The Balaban J connectivity index is 2.35. The van der Waals surface area contributed by atoms with Crippen molar-refractivity contribution in [2.24, 2.45) is 5.73 Å². The SMILES string of the molecule is NC(=O)OCCNC(=O)c1ccc(Br)cn1. The first-order chi connectivity index (χ1) is 7.59. The van der Waals surface area contributed by atoms with Gasteiger partial charge in [0, 0.05) is 10.7 Å². The van der Waals surface area contributed by atoms with E-state index in [2.05, 4.69) is 31.0 Å². The molecule has 6 nitrogen and oxygen atoms in total. The molecule has 0 atom stereocenters. The van der Waals surface area contributed by atoms with E-state index in [-0.39, 0.29) is 19.1 Å². The molecule has 1 aromatic heterocycles. The Morgan fingerprint density at radius 1 is 1.50 bits per heavy atom. The molecule has 2 amide bonds. The van der Waals surface area contributed by atoms with Crippen LogP contribution in [-0.4, -0.2) is 30.1 Å². The van der Waals surface area contributed by atoms with Crippen molar-refractivity contribution in [1.82, 2.24) is 10.3 Å². The van der Waals surface area contributed by atoms with Crippen molar-refractivity contribution >= 4 is 27.9 Å². The number of hydrogen-bond donors (Lipinski definition) is 2. The fourth-order valence-corrected chi connectivity index (χ4v) is 1.15. The van der Waals surface area contributed by atoms with Gasteiger partial charge < -0.3 is 15.8 Å². The summed E-state index contributed by atoms with van der Waals surface area (Å²) in [6.45, 7) is 0.233. The van der Waals surface area contributed by atoms with Crippen molar-refractivity contribution in [2.75, 3.05) is 13.2 Å². The van der Waals surface area contributed by atoms with Gasteiger partial charge in [0.1, 0.15) is 12.3 Å². The lowest BCUT2D eigenvalue weighted by molar-refractivity contribution is 0.0932. The van der Waals surface area contributed by atoms with E-state index in [9.17, 15) is 9.59 Å². The molecule has 0 unspecified atom stereocenters. The molecule has 0 aliphatic heterocycles. The first-order valence-corrected chi connectivity index (χ1v) is 5.21. The number of pyridine rings is 1. The van der Waals surface area contributed by atoms with Crippen molar-refractivity contribution in [3.05, 3.63) is 28.5 Å². The molecule has 86 valence electrons. The van der Waals surface area contributed by atoms with Crippen LogP contribution in [-0.2, 0) is 4.74 Å². The smallest absolute Gasteiger partial charge is 0.404 e. The van der Waals surface area contributed by atoms with Crippen LogP contribution in [0.2, 0.25) is 0 Å². The van der Waals surface area contributed by atoms with E-state index >= 15 is 0 Å². The van der Waals surface area contributed by atoms with E-state index < -0.39 is 6.09 Å². The van der Waals surface area contributed by atoms with Gasteiger partial charge >= 0.3 is 6.09 Å². The van der Waals surface area contributed by atoms with Crippen molar-refractivity contribution in [2.45, 2.75) is 0 Å². The molecule has 1 rings (SSSR count). The molecule has 16 heavy (non-hydrogen) atoms. The molecular formula is C9H10BrN3O3. The summed E-state index contributed by atoms with van der Waals surface area (Å²) in [6, 6.07) is 3.29. The second kappa shape index (κ2) is 6.06. The number of ether oxygens (including phenoxy) is 1. The molecule has 0 saturated carbocycles. The number of amides is 2. The average molecular weight is 288 g/mol. The molecule has 7 heteroatoms. The highest BCUT2D eigenvalue weighted by Gasteiger charge is 2.05. The number of nitrogens with zero attached hydrogens (tertiary/aromatic N) is 1. The summed E-state index contributed by atoms with van der Waals surface area (Å²) in [6.07, 6.45) is 0.658. The number of carbonyl (C=O) groups is 2. The highest BCUT2D eigenvalue weighted by Crippen LogP contribution is 2.06. The van der Waals surface area contributed by atoms with Gasteiger partial charge in [-0.1, -0.05) is 0 Å². The summed E-state index contributed by atoms with van der Waals surface area (Å²) in [4.78, 5) is 25.6. The summed E-state index contributed by atoms with van der Waals surface area (Å²) in [7, 11) is 0. The third kappa shape index (κ3) is 4.26. The Morgan fingerprint density at radius 2 is 2.25 bits per heavy atom. The monoisotopic (exact) mass is 287 g/mol. The number of aromatic nitrogens is 1. The van der Waals surface area contributed by atoms with Gasteiger partial charge in [0.2, 0.25) is 0 Å². The van der Waals surface area contributed by atoms with E-state index in [1.165, 1.54) is 6.20 Å². The number of nitrogens with one attached hydrogen (secondary N) is 1. The van der Waals surface area contributed by atoms with Crippen LogP contribution in [0.25, 0.3) is 0 Å². The van der Waals surface area contributed by atoms with Crippen LogP contribution in [0, 0.1) is 0 Å². The molecule has 3 N–H and O–H groups in total. The normalized spacial score (nSPS) is 9.56. The Bertz CT molecular complexity index is 380. The van der Waals surface area contributed by atoms with Crippen molar-refractivity contribution < 1.29 is 14.3 Å². The second-order valence-corrected chi connectivity index (χ2v) is 3.70. The Hall–Kier alpha value is -1.63. The standard InChI is InChI=1S/C9H10BrN3O3/c10-6-1-2-7(13-5-6)8(14)12-3-4-16-9(11)15/h1-2,5H,3-4H2,(H2,11,15)(H,12,14). The fraction of sp³-hybridized carbons (Fsp3) is 0.222. The molecule has 0 saturated heterocycles. The molecule has 0 aliphatic rings. The van der Waals surface area contributed by atoms with E-state index in [1.54, 1.807) is 12.1 Å². The van der Waals surface area contributed by atoms with E-state index in [4.69, 9.17) is 5.73 Å². The van der Waals surface area contributed by atoms with Crippen LogP contribution >= 0.6 is 15.9 Å². The zero-order valence-corrected chi connectivity index (χ0v) is 9.86. The van der Waals surface area contributed by atoms with Crippen LogP contribution in [0.4, 0.5) is 4.79 Å². The molecule has 0 aromatic carbocycles. The molecular weight excluding hydrogens is 278 g/mol. The van der Waals surface area contributed by atoms with Gasteiger partial charge in [-0.2, -0.15) is 0 Å². The van der Waals surface area contributed by atoms with Gasteiger partial charge in [0.15, 0.2) is 0 Å². The summed E-state index contributed by atoms with van der Waals surface area (Å²) in [5.74, 6) is -0.333. The van der Waals surface area contributed by atoms with Gasteiger partial charge in [-0.25, -0.2) is 9.78 Å². The lowest BCUT2D eigenvalue weighted by Gasteiger charge is -2.04. The summed E-state index contributed by atoms with van der Waals surface area (Å²) < 4.78 is 5.24. The number of halogens is 1. The van der Waals surface area contributed by atoms with Crippen molar-refractivity contribution in [1.29, 1.82) is 0 Å². The van der Waals surface area contributed by atoms with Crippen molar-refractivity contribution in [3.63, 3.8) is 0 Å². The molecule has 0 spiro atoms. The Labute approximate surface area is 100 Å². The van der Waals surface area contributed by atoms with Gasteiger partial charge in [0.25, 0.3) is 5.91 Å². The van der Waals surface area contributed by atoms with Crippen LogP contribution in [0.1, 0.15) is 10.5 Å². The zero-order valence-electron chi connectivity index (χ0n) is 8.27. The van der Waals surface area contributed by atoms with Gasteiger partial charge in [0.05, 0.1) is 6.54 Å². The van der Waals surface area contributed by atoms with E-state index in [0.717, 1.165) is 4.47 Å². The lowest BCUT2D eigenvalue weighted by Crippen LogP contribution is -2.29. The quantitative estimate of drug-likeness (QED) is 0.796. The number of carbonyl (C=O) groups excluding carboxylic acids is 2. The van der Waals surface area contributed by atoms with Crippen LogP contribution in [0.15, 0.2) is 22.8 Å². The maximum absolute atomic E-state index is 11.4. The number of nitrogens with two attached hydrogens (primary N) is 1. The molecule has 1 heterocycles. The molecule has 0 aliphatic carbocycles. The second-order valence-electron chi connectivity index (χ2n) is 2.79. The van der Waals surface area contributed by atoms with Crippen LogP contribution in [0.3, 0.4) is 0 Å². The van der Waals surface area contributed by atoms with Crippen LogP contribution < -0.4 is 11.1 Å². The number of hydrogen-bond acceptors (Lipinski definition) is 4. The minimum Gasteiger partial charge on any atom is -0.448 e. The maximum atomic E-state index is 11.4. The van der Waals surface area contributed by atoms with Crippen molar-refractivity contribution in [3.8, 4) is 0 Å². The molecule has 0 bridgehead atoms. The first kappa shape index (κ1) is 12.4. The minimum absolute atomic E-state index is 0.0393. The van der Waals surface area contributed by atoms with Gasteiger partial charge in [-0.15, -0.1) is 0 Å². The average Bonchev–Trinajstić information content (AvgIpc) is 2.25. The molecule has 0 fully saturated rings. The van der Waals surface area contributed by atoms with Crippen LogP contribution in [0.5, 0.6) is 0 Å². The Morgan fingerprint density at radius 3 is 2.81 bits per heavy atom. The van der Waals surface area contributed by atoms with Gasteiger partial charge in [-0.3, -0.25) is 4.79 Å². The number of primary amides is 1. The lowest BCUT2D eigenvalue weighted by atomic mass is 10.3. The molecule has 1 aromatic rings. The third-order valence-corrected chi connectivity index (χ3v) is 2.06. The van der Waals surface area contributed by atoms with E-state index in [0.29, 0.717) is 5.69 Å². The highest BCUT2D eigenvalue weighted by atomic mass is 79.9. The summed E-state index contributed by atoms with van der Waals surface area (Å²) in [5, 5.41) is 2.52. The Kier molecular flexibility index (Phi) is 4.71. The summed E-state index contributed by atoms with van der Waals surface area (Å²) in [5.41, 5.74) is 5.04. The fourth-order valence-electron chi connectivity index (χ4n) is 0.917. The highest BCUT2D eigenvalue weighted by molar-refractivity contribution is 9.10. The van der Waals surface area contributed by atoms with E-state index in [1.807, 2.05) is 0 Å². The maximum Gasteiger partial charge on any atom is 0.404 e. The minimum atomic E-state index is -0.865. The zero-order chi connectivity index (χ0) is 12.0. The number of rotatable bonds is 4. The predicted molar refractivity (Wildman–Crippen MR) is 59.8 cm³/mol. The van der Waals surface area contributed by atoms with Gasteiger partial charge in [-0.05, 0) is 28.1 Å². The topological polar surface area (TPSA) is 94.3 Å². The summed E-state index contributed by atoms with van der Waals surface area (Å²) >= 11 is 3.21. The predicted octanol–water partition coefficient (Wildman–Crippen LogP) is 0.669.